The predicted octanol–water partition coefficient (Wildman–Crippen LogP) is 2.67. The SMILES string of the molecule is CCOc1ccc([C@@H]2NC(=O)N(C)C3=C2C(=O)N(Cc2ccco2)C3)cc1. The number of carbonyl (C=O) groups is 2. The summed E-state index contributed by atoms with van der Waals surface area (Å²) in [5.74, 6) is 1.38. The lowest BCUT2D eigenvalue weighted by atomic mass is 9.95. The molecule has 1 atom stereocenters. The highest BCUT2D eigenvalue weighted by molar-refractivity contribution is 6.01. The maximum atomic E-state index is 13.1. The number of amides is 3. The van der Waals surface area contributed by atoms with E-state index in [1.165, 1.54) is 4.90 Å². The maximum Gasteiger partial charge on any atom is 0.322 e. The first-order chi connectivity index (χ1) is 13.1. The number of furan rings is 1. The highest BCUT2D eigenvalue weighted by Gasteiger charge is 2.42. The molecule has 27 heavy (non-hydrogen) atoms. The van der Waals surface area contributed by atoms with Crippen LogP contribution in [-0.4, -0.2) is 41.9 Å². The summed E-state index contributed by atoms with van der Waals surface area (Å²) in [6, 6.07) is 10.4. The van der Waals surface area contributed by atoms with Gasteiger partial charge in [0.15, 0.2) is 0 Å². The largest absolute Gasteiger partial charge is 0.494 e. The molecule has 7 heteroatoms. The summed E-state index contributed by atoms with van der Waals surface area (Å²) in [7, 11) is 1.68. The van der Waals surface area contributed by atoms with Crippen LogP contribution in [0.5, 0.6) is 5.75 Å². The molecule has 1 aromatic carbocycles. The summed E-state index contributed by atoms with van der Waals surface area (Å²) in [6.45, 7) is 3.26. The molecule has 0 bridgehead atoms. The lowest BCUT2D eigenvalue weighted by Crippen LogP contribution is -2.45. The number of ether oxygens (including phenoxy) is 1. The Morgan fingerprint density at radius 2 is 2.00 bits per heavy atom. The molecular formula is C20H21N3O4. The van der Waals surface area contributed by atoms with Gasteiger partial charge in [-0.05, 0) is 36.8 Å². The summed E-state index contributed by atoms with van der Waals surface area (Å²) < 4.78 is 10.8. The Hall–Kier alpha value is -3.22. The van der Waals surface area contributed by atoms with E-state index in [2.05, 4.69) is 5.32 Å². The van der Waals surface area contributed by atoms with E-state index >= 15 is 0 Å². The number of likely N-dealkylation sites (N-methyl/N-ethyl adjacent to an activating group) is 1. The van der Waals surface area contributed by atoms with Gasteiger partial charge in [-0.3, -0.25) is 9.69 Å². The van der Waals surface area contributed by atoms with Gasteiger partial charge in [-0.1, -0.05) is 12.1 Å². The molecule has 0 fully saturated rings. The van der Waals surface area contributed by atoms with Crippen molar-refractivity contribution in [1.29, 1.82) is 0 Å². The second-order valence-electron chi connectivity index (χ2n) is 6.54. The van der Waals surface area contributed by atoms with Crippen LogP contribution < -0.4 is 10.1 Å². The molecule has 0 radical (unpaired) electrons. The van der Waals surface area contributed by atoms with Gasteiger partial charge in [0.25, 0.3) is 5.91 Å². The van der Waals surface area contributed by atoms with Gasteiger partial charge in [0.2, 0.25) is 0 Å². The average Bonchev–Trinajstić information content (AvgIpc) is 3.29. The van der Waals surface area contributed by atoms with E-state index < -0.39 is 6.04 Å². The smallest absolute Gasteiger partial charge is 0.322 e. The molecule has 140 valence electrons. The highest BCUT2D eigenvalue weighted by Crippen LogP contribution is 2.36. The normalized spacial score (nSPS) is 19.4. The van der Waals surface area contributed by atoms with E-state index in [1.54, 1.807) is 24.3 Å². The van der Waals surface area contributed by atoms with Crippen LogP contribution in [-0.2, 0) is 11.3 Å². The number of urea groups is 1. The summed E-state index contributed by atoms with van der Waals surface area (Å²) in [4.78, 5) is 28.7. The first kappa shape index (κ1) is 17.2. The molecule has 2 aliphatic rings. The molecule has 1 N–H and O–H groups in total. The summed E-state index contributed by atoms with van der Waals surface area (Å²) in [5.41, 5.74) is 2.18. The van der Waals surface area contributed by atoms with Gasteiger partial charge in [0.1, 0.15) is 11.5 Å². The third-order valence-corrected chi connectivity index (χ3v) is 4.89. The molecule has 7 nitrogen and oxygen atoms in total. The monoisotopic (exact) mass is 367 g/mol. The molecule has 0 spiro atoms. The molecule has 4 rings (SSSR count). The number of hydrogen-bond donors (Lipinski definition) is 1. The van der Waals surface area contributed by atoms with Crippen molar-refractivity contribution in [2.75, 3.05) is 20.2 Å². The van der Waals surface area contributed by atoms with E-state index in [9.17, 15) is 9.59 Å². The fourth-order valence-electron chi connectivity index (χ4n) is 3.51. The fourth-order valence-corrected chi connectivity index (χ4v) is 3.51. The Morgan fingerprint density at radius 1 is 1.22 bits per heavy atom. The number of carbonyl (C=O) groups excluding carboxylic acids is 2. The summed E-state index contributed by atoms with van der Waals surface area (Å²) in [5, 5.41) is 2.93. The van der Waals surface area contributed by atoms with Crippen LogP contribution in [0, 0.1) is 0 Å². The van der Waals surface area contributed by atoms with Crippen LogP contribution in [0.15, 0.2) is 58.3 Å². The van der Waals surface area contributed by atoms with Crippen LogP contribution in [0.4, 0.5) is 4.79 Å². The topological polar surface area (TPSA) is 75.0 Å². The van der Waals surface area contributed by atoms with Gasteiger partial charge in [0.05, 0.1) is 43.3 Å². The van der Waals surface area contributed by atoms with Crippen molar-refractivity contribution < 1.29 is 18.7 Å². The lowest BCUT2D eigenvalue weighted by Gasteiger charge is -2.31. The third-order valence-electron chi connectivity index (χ3n) is 4.89. The second-order valence-corrected chi connectivity index (χ2v) is 6.54. The molecule has 0 saturated carbocycles. The van der Waals surface area contributed by atoms with Gasteiger partial charge in [-0.15, -0.1) is 0 Å². The van der Waals surface area contributed by atoms with Crippen molar-refractivity contribution in [2.45, 2.75) is 19.5 Å². The van der Waals surface area contributed by atoms with Gasteiger partial charge in [-0.2, -0.15) is 0 Å². The van der Waals surface area contributed by atoms with E-state index in [1.807, 2.05) is 37.3 Å². The van der Waals surface area contributed by atoms with E-state index in [0.29, 0.717) is 31.0 Å². The predicted molar refractivity (Wildman–Crippen MR) is 97.8 cm³/mol. The van der Waals surface area contributed by atoms with Gasteiger partial charge >= 0.3 is 6.03 Å². The van der Waals surface area contributed by atoms with Crippen molar-refractivity contribution in [3.8, 4) is 5.75 Å². The number of hydrogen-bond acceptors (Lipinski definition) is 4. The molecule has 0 aliphatic carbocycles. The summed E-state index contributed by atoms with van der Waals surface area (Å²) >= 11 is 0. The van der Waals surface area contributed by atoms with Crippen LogP contribution in [0.2, 0.25) is 0 Å². The Kier molecular flexibility index (Phi) is 4.35. The Balaban J connectivity index is 1.64. The van der Waals surface area contributed by atoms with Crippen LogP contribution in [0.1, 0.15) is 24.3 Å². The summed E-state index contributed by atoms with van der Waals surface area (Å²) in [6.07, 6.45) is 1.59. The van der Waals surface area contributed by atoms with Crippen LogP contribution in [0.3, 0.4) is 0 Å². The molecule has 2 aliphatic heterocycles. The first-order valence-corrected chi connectivity index (χ1v) is 8.90. The third kappa shape index (κ3) is 3.05. The van der Waals surface area contributed by atoms with Gasteiger partial charge in [0, 0.05) is 7.05 Å². The van der Waals surface area contributed by atoms with E-state index in [-0.39, 0.29) is 11.9 Å². The van der Waals surface area contributed by atoms with Crippen molar-refractivity contribution in [1.82, 2.24) is 15.1 Å². The van der Waals surface area contributed by atoms with Crippen molar-refractivity contribution in [3.05, 3.63) is 65.3 Å². The van der Waals surface area contributed by atoms with Crippen molar-refractivity contribution in [3.63, 3.8) is 0 Å². The fraction of sp³-hybridized carbons (Fsp3) is 0.300. The van der Waals surface area contributed by atoms with E-state index in [4.69, 9.17) is 9.15 Å². The average molecular weight is 367 g/mol. The van der Waals surface area contributed by atoms with Crippen LogP contribution >= 0.6 is 0 Å². The zero-order chi connectivity index (χ0) is 19.0. The Labute approximate surface area is 157 Å². The molecule has 3 amide bonds. The molecule has 3 heterocycles. The minimum Gasteiger partial charge on any atom is -0.494 e. The molecule has 0 unspecified atom stereocenters. The van der Waals surface area contributed by atoms with Crippen molar-refractivity contribution >= 4 is 11.9 Å². The Bertz CT molecular complexity index is 886. The van der Waals surface area contributed by atoms with E-state index in [0.717, 1.165) is 17.0 Å². The molecule has 2 aromatic rings. The second kappa shape index (κ2) is 6.83. The molecule has 0 saturated heterocycles. The van der Waals surface area contributed by atoms with Gasteiger partial charge < -0.3 is 19.4 Å². The van der Waals surface area contributed by atoms with Crippen LogP contribution in [0.25, 0.3) is 0 Å². The van der Waals surface area contributed by atoms with Gasteiger partial charge in [-0.25, -0.2) is 4.79 Å². The lowest BCUT2D eigenvalue weighted by molar-refractivity contribution is -0.126. The number of rotatable bonds is 5. The first-order valence-electron chi connectivity index (χ1n) is 8.90. The number of benzene rings is 1. The van der Waals surface area contributed by atoms with Crippen molar-refractivity contribution in [2.24, 2.45) is 0 Å². The zero-order valence-corrected chi connectivity index (χ0v) is 15.3. The minimum atomic E-state index is -0.478. The standard InChI is InChI=1S/C20H21N3O4/c1-3-26-14-8-6-13(7-9-14)18-17-16(22(2)20(25)21-18)12-23(19(17)24)11-15-5-4-10-27-15/h4-10,18H,3,11-12H2,1-2H3,(H,21,25)/t18-/m0/s1. The zero-order valence-electron chi connectivity index (χ0n) is 15.3. The molecular weight excluding hydrogens is 346 g/mol. The maximum absolute atomic E-state index is 13.1. The number of nitrogens with one attached hydrogen (secondary N) is 1. The molecule has 1 aromatic heterocycles. The Morgan fingerprint density at radius 3 is 2.67 bits per heavy atom. The quantitative estimate of drug-likeness (QED) is 0.882. The number of nitrogens with zero attached hydrogens (tertiary/aromatic N) is 2. The minimum absolute atomic E-state index is 0.0906. The highest BCUT2D eigenvalue weighted by atomic mass is 16.5.